The second kappa shape index (κ2) is 10.4. The molecule has 0 saturated carbocycles. The number of aryl methyl sites for hydroxylation is 1. The van der Waals surface area contributed by atoms with E-state index >= 15 is 0 Å². The highest BCUT2D eigenvalue weighted by molar-refractivity contribution is 8.26. The van der Waals surface area contributed by atoms with Crippen LogP contribution in [-0.2, 0) is 16.0 Å². The summed E-state index contributed by atoms with van der Waals surface area (Å²) in [5.74, 6) is -0.0772. The lowest BCUT2D eigenvalue weighted by Crippen LogP contribution is -2.31. The fraction of sp³-hybridized carbons (Fsp3) is 0.261. The van der Waals surface area contributed by atoms with Gasteiger partial charge in [-0.25, -0.2) is 0 Å². The first-order valence-corrected chi connectivity index (χ1v) is 10.9. The van der Waals surface area contributed by atoms with Crippen molar-refractivity contribution >= 4 is 46.2 Å². The van der Waals surface area contributed by atoms with E-state index in [4.69, 9.17) is 12.2 Å². The SMILES string of the molecule is Cc1ccc(/C=C2/SC(=S)N(CCCC(=O)NCCc3ccccc3)C2=O)cc1. The molecular formula is C23H24N2O2S2. The van der Waals surface area contributed by atoms with Gasteiger partial charge in [0, 0.05) is 19.5 Å². The van der Waals surface area contributed by atoms with E-state index in [2.05, 4.69) is 5.32 Å². The monoisotopic (exact) mass is 424 g/mol. The molecule has 1 saturated heterocycles. The molecule has 1 N–H and O–H groups in total. The molecule has 150 valence electrons. The highest BCUT2D eigenvalue weighted by atomic mass is 32.2. The molecule has 1 heterocycles. The first kappa shape index (κ1) is 21.3. The lowest BCUT2D eigenvalue weighted by Gasteiger charge is -2.14. The fourth-order valence-electron chi connectivity index (χ4n) is 2.98. The van der Waals surface area contributed by atoms with Crippen LogP contribution in [0.1, 0.15) is 29.5 Å². The maximum absolute atomic E-state index is 12.6. The van der Waals surface area contributed by atoms with E-state index in [1.54, 1.807) is 4.90 Å². The number of thiocarbonyl (C=S) groups is 1. The highest BCUT2D eigenvalue weighted by Crippen LogP contribution is 2.32. The van der Waals surface area contributed by atoms with Crippen molar-refractivity contribution in [3.63, 3.8) is 0 Å². The molecule has 0 aliphatic carbocycles. The van der Waals surface area contributed by atoms with Crippen LogP contribution in [0.4, 0.5) is 0 Å². The van der Waals surface area contributed by atoms with Gasteiger partial charge in [0.1, 0.15) is 4.32 Å². The zero-order chi connectivity index (χ0) is 20.6. The Balaban J connectivity index is 1.43. The number of carbonyl (C=O) groups is 2. The van der Waals surface area contributed by atoms with E-state index in [0.29, 0.717) is 35.2 Å². The van der Waals surface area contributed by atoms with Gasteiger partial charge >= 0.3 is 0 Å². The second-order valence-corrected chi connectivity index (χ2v) is 8.61. The molecule has 0 bridgehead atoms. The number of carbonyl (C=O) groups excluding carboxylic acids is 2. The van der Waals surface area contributed by atoms with Crippen molar-refractivity contribution in [3.8, 4) is 0 Å². The molecule has 0 spiro atoms. The molecule has 2 aromatic rings. The fourth-order valence-corrected chi connectivity index (χ4v) is 4.29. The number of benzene rings is 2. The third kappa shape index (κ3) is 6.27. The van der Waals surface area contributed by atoms with Crippen molar-refractivity contribution in [2.45, 2.75) is 26.2 Å². The Kier molecular flexibility index (Phi) is 7.61. The number of nitrogens with zero attached hydrogens (tertiary/aromatic N) is 1. The van der Waals surface area contributed by atoms with Gasteiger partial charge in [-0.3, -0.25) is 14.5 Å². The average molecular weight is 425 g/mol. The van der Waals surface area contributed by atoms with E-state index in [0.717, 1.165) is 12.0 Å². The Labute approximate surface area is 181 Å². The first-order chi connectivity index (χ1) is 14.0. The molecule has 3 rings (SSSR count). The summed E-state index contributed by atoms with van der Waals surface area (Å²) >= 11 is 6.68. The van der Waals surface area contributed by atoms with Crippen molar-refractivity contribution in [2.24, 2.45) is 0 Å². The number of rotatable bonds is 8. The number of hydrogen-bond acceptors (Lipinski definition) is 4. The van der Waals surface area contributed by atoms with Crippen molar-refractivity contribution < 1.29 is 9.59 Å². The summed E-state index contributed by atoms with van der Waals surface area (Å²) in [6.45, 7) is 3.10. The number of hydrogen-bond donors (Lipinski definition) is 1. The maximum atomic E-state index is 12.6. The molecule has 0 aromatic heterocycles. The van der Waals surface area contributed by atoms with Gasteiger partial charge in [-0.05, 0) is 37.0 Å². The predicted molar refractivity (Wildman–Crippen MR) is 123 cm³/mol. The Morgan fingerprint density at radius 3 is 2.59 bits per heavy atom. The number of thioether (sulfide) groups is 1. The summed E-state index contributed by atoms with van der Waals surface area (Å²) in [7, 11) is 0. The van der Waals surface area contributed by atoms with Crippen LogP contribution >= 0.6 is 24.0 Å². The minimum absolute atomic E-state index is 0.00145. The Hall–Kier alpha value is -2.44. The van der Waals surface area contributed by atoms with E-state index < -0.39 is 0 Å². The zero-order valence-electron chi connectivity index (χ0n) is 16.4. The standard InChI is InChI=1S/C23H24N2O2S2/c1-17-9-11-19(12-10-17)16-20-22(27)25(23(28)29-20)15-5-8-21(26)24-14-13-18-6-3-2-4-7-18/h2-4,6-7,9-12,16H,5,8,13-15H2,1H3,(H,24,26)/b20-16+. The van der Waals surface area contributed by atoms with E-state index in [-0.39, 0.29) is 11.8 Å². The second-order valence-electron chi connectivity index (χ2n) is 6.93. The van der Waals surface area contributed by atoms with Gasteiger partial charge in [-0.15, -0.1) is 0 Å². The highest BCUT2D eigenvalue weighted by Gasteiger charge is 2.31. The zero-order valence-corrected chi connectivity index (χ0v) is 18.0. The molecule has 29 heavy (non-hydrogen) atoms. The molecule has 0 unspecified atom stereocenters. The molecular weight excluding hydrogens is 400 g/mol. The molecule has 2 aromatic carbocycles. The van der Waals surface area contributed by atoms with Crippen molar-refractivity contribution in [3.05, 3.63) is 76.2 Å². The normalized spacial score (nSPS) is 15.2. The summed E-state index contributed by atoms with van der Waals surface area (Å²) in [6.07, 6.45) is 3.64. The van der Waals surface area contributed by atoms with Crippen LogP contribution in [0.15, 0.2) is 59.5 Å². The minimum atomic E-state index is -0.0786. The molecule has 0 atom stereocenters. The van der Waals surface area contributed by atoms with Crippen LogP contribution in [-0.4, -0.2) is 34.1 Å². The Morgan fingerprint density at radius 1 is 1.14 bits per heavy atom. The van der Waals surface area contributed by atoms with Crippen molar-refractivity contribution in [1.29, 1.82) is 0 Å². The molecule has 1 aliphatic rings. The topological polar surface area (TPSA) is 49.4 Å². The summed E-state index contributed by atoms with van der Waals surface area (Å²) in [6, 6.07) is 18.1. The summed E-state index contributed by atoms with van der Waals surface area (Å²) in [5.41, 5.74) is 3.36. The smallest absolute Gasteiger partial charge is 0.266 e. The third-order valence-electron chi connectivity index (χ3n) is 4.61. The maximum Gasteiger partial charge on any atom is 0.266 e. The van der Waals surface area contributed by atoms with Gasteiger partial charge in [0.25, 0.3) is 5.91 Å². The van der Waals surface area contributed by atoms with Crippen LogP contribution in [0.25, 0.3) is 6.08 Å². The first-order valence-electron chi connectivity index (χ1n) is 9.65. The number of amides is 2. The molecule has 1 aliphatic heterocycles. The van der Waals surface area contributed by atoms with Gasteiger partial charge < -0.3 is 5.32 Å². The predicted octanol–water partition coefficient (Wildman–Crippen LogP) is 4.34. The van der Waals surface area contributed by atoms with E-state index in [9.17, 15) is 9.59 Å². The average Bonchev–Trinajstić information content (AvgIpc) is 2.98. The third-order valence-corrected chi connectivity index (χ3v) is 5.99. The molecule has 4 nitrogen and oxygen atoms in total. The van der Waals surface area contributed by atoms with Crippen LogP contribution < -0.4 is 5.32 Å². The summed E-state index contributed by atoms with van der Waals surface area (Å²) in [5, 5.41) is 2.93. The van der Waals surface area contributed by atoms with Gasteiger partial charge in [-0.1, -0.05) is 84.1 Å². The van der Waals surface area contributed by atoms with Crippen LogP contribution in [0.2, 0.25) is 0 Å². The quantitative estimate of drug-likeness (QED) is 0.506. The lowest BCUT2D eigenvalue weighted by molar-refractivity contribution is -0.123. The van der Waals surface area contributed by atoms with E-state index in [1.807, 2.05) is 67.6 Å². The molecule has 6 heteroatoms. The lowest BCUT2D eigenvalue weighted by atomic mass is 10.1. The van der Waals surface area contributed by atoms with Crippen LogP contribution in [0, 0.1) is 6.92 Å². The molecule has 2 amide bonds. The number of nitrogens with one attached hydrogen (secondary N) is 1. The van der Waals surface area contributed by atoms with Crippen molar-refractivity contribution in [1.82, 2.24) is 10.2 Å². The van der Waals surface area contributed by atoms with Crippen LogP contribution in [0.5, 0.6) is 0 Å². The molecule has 1 fully saturated rings. The molecule has 0 radical (unpaired) electrons. The van der Waals surface area contributed by atoms with E-state index in [1.165, 1.54) is 22.9 Å². The Morgan fingerprint density at radius 2 is 1.86 bits per heavy atom. The van der Waals surface area contributed by atoms with Crippen molar-refractivity contribution in [2.75, 3.05) is 13.1 Å². The largest absolute Gasteiger partial charge is 0.356 e. The minimum Gasteiger partial charge on any atom is -0.356 e. The summed E-state index contributed by atoms with van der Waals surface area (Å²) < 4.78 is 0.554. The van der Waals surface area contributed by atoms with Crippen LogP contribution in [0.3, 0.4) is 0 Å². The van der Waals surface area contributed by atoms with Gasteiger partial charge in [0.05, 0.1) is 4.91 Å². The van der Waals surface area contributed by atoms with Gasteiger partial charge in [0.2, 0.25) is 5.91 Å². The van der Waals surface area contributed by atoms with Gasteiger partial charge in [-0.2, -0.15) is 0 Å². The Bertz CT molecular complexity index is 908. The van der Waals surface area contributed by atoms with Gasteiger partial charge in [0.15, 0.2) is 0 Å². The summed E-state index contributed by atoms with van der Waals surface area (Å²) in [4.78, 5) is 26.9.